The third-order valence-electron chi connectivity index (χ3n) is 7.36. The van der Waals surface area contributed by atoms with Crippen molar-refractivity contribution in [3.63, 3.8) is 0 Å². The summed E-state index contributed by atoms with van der Waals surface area (Å²) in [5, 5.41) is 14.3. The monoisotopic (exact) mass is 503 g/mol. The molecule has 190 valence electrons. The Morgan fingerprint density at radius 1 is 1.20 bits per heavy atom. The molecule has 1 aromatic carbocycles. The Morgan fingerprint density at radius 2 is 1.89 bits per heavy atom. The predicted molar refractivity (Wildman–Crippen MR) is 135 cm³/mol. The van der Waals surface area contributed by atoms with E-state index in [2.05, 4.69) is 48.8 Å². The van der Waals surface area contributed by atoms with Crippen LogP contribution in [0.4, 0.5) is 14.6 Å². The third-order valence-corrected chi connectivity index (χ3v) is 11.8. The number of nitrogens with two attached hydrogens (primary N) is 1. The van der Waals surface area contributed by atoms with Gasteiger partial charge in [-0.2, -0.15) is 5.10 Å². The van der Waals surface area contributed by atoms with Crippen LogP contribution in [0.5, 0.6) is 0 Å². The van der Waals surface area contributed by atoms with E-state index < -0.39 is 20.0 Å². The number of hydrogen-bond acceptors (Lipinski definition) is 6. The standard InChI is InChI=1S/C25H35F2N5O2Si/c1-25(2,3)35(4,5)34-14-20-21(26)9-16(10-22(20)27)19-11-17(12-31-8-6-7-18(33)13-31)32-23(19)24(28)29-15-30-32/h9-11,15,18,33H,6-8,12-14H2,1-5H3,(H2,28,29,30). The zero-order valence-electron chi connectivity index (χ0n) is 21.1. The molecule has 0 bridgehead atoms. The maximum Gasteiger partial charge on any atom is 0.192 e. The number of piperidine rings is 1. The van der Waals surface area contributed by atoms with Crippen LogP contribution in [0.1, 0.15) is 44.9 Å². The van der Waals surface area contributed by atoms with Crippen LogP contribution >= 0.6 is 0 Å². The minimum Gasteiger partial charge on any atom is -0.412 e. The highest BCUT2D eigenvalue weighted by molar-refractivity contribution is 6.74. The molecule has 0 radical (unpaired) electrons. The average Bonchev–Trinajstić information content (AvgIpc) is 3.12. The van der Waals surface area contributed by atoms with Gasteiger partial charge in [-0.1, -0.05) is 20.8 Å². The maximum absolute atomic E-state index is 15.2. The summed E-state index contributed by atoms with van der Waals surface area (Å²) >= 11 is 0. The Morgan fingerprint density at radius 3 is 2.51 bits per heavy atom. The molecule has 4 rings (SSSR count). The van der Waals surface area contributed by atoms with E-state index in [1.54, 1.807) is 4.52 Å². The van der Waals surface area contributed by atoms with Crippen molar-refractivity contribution in [2.24, 2.45) is 0 Å². The lowest BCUT2D eigenvalue weighted by Gasteiger charge is -2.36. The molecule has 0 spiro atoms. The summed E-state index contributed by atoms with van der Waals surface area (Å²) in [7, 11) is -2.17. The Balaban J connectivity index is 1.69. The molecular weight excluding hydrogens is 468 g/mol. The van der Waals surface area contributed by atoms with Crippen LogP contribution in [0, 0.1) is 11.6 Å². The van der Waals surface area contributed by atoms with Crippen molar-refractivity contribution >= 4 is 19.7 Å². The molecule has 0 amide bonds. The van der Waals surface area contributed by atoms with E-state index in [1.807, 2.05) is 6.07 Å². The molecule has 3 heterocycles. The minimum absolute atomic E-state index is 0.0658. The van der Waals surface area contributed by atoms with Crippen molar-refractivity contribution in [2.45, 2.75) is 71.0 Å². The van der Waals surface area contributed by atoms with Crippen molar-refractivity contribution in [3.8, 4) is 11.1 Å². The minimum atomic E-state index is -2.17. The lowest BCUT2D eigenvalue weighted by Crippen LogP contribution is -2.40. The van der Waals surface area contributed by atoms with E-state index in [-0.39, 0.29) is 29.1 Å². The molecule has 3 aromatic rings. The molecule has 1 saturated heterocycles. The van der Waals surface area contributed by atoms with Gasteiger partial charge in [-0.15, -0.1) is 0 Å². The molecule has 1 fully saturated rings. The van der Waals surface area contributed by atoms with Crippen LogP contribution in [0.25, 0.3) is 16.6 Å². The molecule has 1 unspecified atom stereocenters. The number of nitrogens with zero attached hydrogens (tertiary/aromatic N) is 4. The maximum atomic E-state index is 15.2. The first-order valence-electron chi connectivity index (χ1n) is 12.0. The fraction of sp³-hybridized carbons (Fsp3) is 0.520. The topological polar surface area (TPSA) is 88.9 Å². The molecule has 10 heteroatoms. The van der Waals surface area contributed by atoms with Crippen molar-refractivity contribution in [1.82, 2.24) is 19.5 Å². The molecule has 35 heavy (non-hydrogen) atoms. The van der Waals surface area contributed by atoms with Crippen molar-refractivity contribution in [1.29, 1.82) is 0 Å². The second kappa shape index (κ2) is 9.57. The number of nitrogen functional groups attached to an aromatic ring is 1. The number of fused-ring (bicyclic) bond motifs is 1. The SMILES string of the molecule is CC(C)(C)[Si](C)(C)OCc1c(F)cc(-c2cc(CN3CCCC(O)C3)n3ncnc(N)c23)cc1F. The van der Waals surface area contributed by atoms with Crippen LogP contribution in [0.2, 0.25) is 18.1 Å². The number of rotatable bonds is 6. The van der Waals surface area contributed by atoms with Gasteiger partial charge < -0.3 is 15.3 Å². The zero-order chi connectivity index (χ0) is 25.5. The van der Waals surface area contributed by atoms with Crippen molar-refractivity contribution in [2.75, 3.05) is 18.8 Å². The van der Waals surface area contributed by atoms with E-state index >= 15 is 8.78 Å². The van der Waals surface area contributed by atoms with Crippen molar-refractivity contribution in [3.05, 3.63) is 47.4 Å². The Kier molecular flexibility index (Phi) is 7.02. The fourth-order valence-corrected chi connectivity index (χ4v) is 5.17. The van der Waals surface area contributed by atoms with Crippen LogP contribution < -0.4 is 5.73 Å². The number of aromatic nitrogens is 3. The van der Waals surface area contributed by atoms with Gasteiger partial charge in [-0.05, 0) is 61.3 Å². The normalized spacial score (nSPS) is 17.9. The van der Waals surface area contributed by atoms with Gasteiger partial charge in [0.15, 0.2) is 14.1 Å². The average molecular weight is 504 g/mol. The molecule has 1 atom stereocenters. The summed E-state index contributed by atoms with van der Waals surface area (Å²) in [5.41, 5.74) is 8.34. The highest BCUT2D eigenvalue weighted by atomic mass is 28.4. The fourth-order valence-electron chi connectivity index (χ4n) is 4.24. The Hall–Kier alpha value is -2.40. The molecule has 0 aliphatic carbocycles. The predicted octanol–water partition coefficient (Wildman–Crippen LogP) is 4.74. The lowest BCUT2D eigenvalue weighted by molar-refractivity contribution is 0.0659. The first-order valence-corrected chi connectivity index (χ1v) is 14.9. The summed E-state index contributed by atoms with van der Waals surface area (Å²) in [4.78, 5) is 6.24. The summed E-state index contributed by atoms with van der Waals surface area (Å²) in [6.07, 6.45) is 2.70. The highest BCUT2D eigenvalue weighted by Crippen LogP contribution is 2.38. The van der Waals surface area contributed by atoms with E-state index in [0.717, 1.165) is 25.1 Å². The van der Waals surface area contributed by atoms with Gasteiger partial charge >= 0.3 is 0 Å². The van der Waals surface area contributed by atoms with E-state index in [1.165, 1.54) is 18.5 Å². The molecule has 0 saturated carbocycles. The number of halogens is 2. The van der Waals surface area contributed by atoms with Crippen LogP contribution in [0.3, 0.4) is 0 Å². The van der Waals surface area contributed by atoms with E-state index in [9.17, 15) is 5.11 Å². The lowest BCUT2D eigenvalue weighted by atomic mass is 10.0. The van der Waals surface area contributed by atoms with Gasteiger partial charge in [0, 0.05) is 24.2 Å². The van der Waals surface area contributed by atoms with Gasteiger partial charge in [0.2, 0.25) is 0 Å². The largest absolute Gasteiger partial charge is 0.412 e. The van der Waals surface area contributed by atoms with Crippen LogP contribution in [-0.2, 0) is 17.6 Å². The van der Waals surface area contributed by atoms with Crippen LogP contribution in [-0.4, -0.2) is 52.1 Å². The number of hydrogen-bond donors (Lipinski definition) is 2. The molecule has 3 N–H and O–H groups in total. The number of aliphatic hydroxyl groups is 1. The van der Waals surface area contributed by atoms with Crippen LogP contribution in [0.15, 0.2) is 24.5 Å². The second-order valence-corrected chi connectivity index (χ2v) is 15.8. The smallest absolute Gasteiger partial charge is 0.192 e. The molecule has 2 aromatic heterocycles. The quantitative estimate of drug-likeness (QED) is 0.473. The summed E-state index contributed by atoms with van der Waals surface area (Å²) in [5.74, 6) is -1.09. The second-order valence-electron chi connectivity index (χ2n) is 11.0. The molecular formula is C25H35F2N5O2Si. The van der Waals surface area contributed by atoms with Crippen molar-refractivity contribution < 1.29 is 18.3 Å². The number of β-amino-alcohol motifs (C(OH)–C–C–N with tert-alkyl or cyclic N) is 1. The number of likely N-dealkylation sites (tertiary alicyclic amines) is 1. The van der Waals surface area contributed by atoms with E-state index in [0.29, 0.717) is 29.7 Å². The first-order chi connectivity index (χ1) is 16.4. The Bertz CT molecular complexity index is 1200. The Labute approximate surface area is 206 Å². The van der Waals surface area contributed by atoms with Gasteiger partial charge in [0.1, 0.15) is 23.5 Å². The first kappa shape index (κ1) is 25.7. The summed E-state index contributed by atoms with van der Waals surface area (Å²) in [6.45, 7) is 12.2. The molecule has 1 aliphatic rings. The highest BCUT2D eigenvalue weighted by Gasteiger charge is 2.37. The van der Waals surface area contributed by atoms with Gasteiger partial charge in [-0.25, -0.2) is 18.3 Å². The van der Waals surface area contributed by atoms with Gasteiger partial charge in [-0.3, -0.25) is 4.90 Å². The van der Waals surface area contributed by atoms with E-state index in [4.69, 9.17) is 10.2 Å². The number of anilines is 1. The number of aliphatic hydroxyl groups excluding tert-OH is 1. The summed E-state index contributed by atoms with van der Waals surface area (Å²) in [6, 6.07) is 4.49. The summed E-state index contributed by atoms with van der Waals surface area (Å²) < 4.78 is 38.1. The molecule has 7 nitrogen and oxygen atoms in total. The van der Waals surface area contributed by atoms with Gasteiger partial charge in [0.05, 0.1) is 18.4 Å². The number of benzene rings is 1. The molecule has 1 aliphatic heterocycles. The van der Waals surface area contributed by atoms with Gasteiger partial charge in [0.25, 0.3) is 0 Å². The zero-order valence-corrected chi connectivity index (χ0v) is 22.1. The third kappa shape index (κ3) is 5.25.